The van der Waals surface area contributed by atoms with E-state index in [0.717, 1.165) is 23.7 Å². The summed E-state index contributed by atoms with van der Waals surface area (Å²) >= 11 is 0. The molecule has 4 nitrogen and oxygen atoms in total. The van der Waals surface area contributed by atoms with Crippen molar-refractivity contribution in [2.45, 2.75) is 33.4 Å². The van der Waals surface area contributed by atoms with Crippen LogP contribution in [0.3, 0.4) is 0 Å². The minimum Gasteiger partial charge on any atom is -0.328 e. The first-order valence-corrected chi connectivity index (χ1v) is 6.91. The lowest BCUT2D eigenvalue weighted by molar-refractivity contribution is 0.580. The lowest BCUT2D eigenvalue weighted by Crippen LogP contribution is -2.23. The van der Waals surface area contributed by atoms with Crippen molar-refractivity contribution in [3.63, 3.8) is 0 Å². The summed E-state index contributed by atoms with van der Waals surface area (Å²) in [5, 5.41) is 3.36. The van der Waals surface area contributed by atoms with Crippen molar-refractivity contribution < 1.29 is 0 Å². The van der Waals surface area contributed by atoms with Crippen LogP contribution in [0, 0.1) is 6.92 Å². The Morgan fingerprint density at radius 2 is 2.05 bits per heavy atom. The lowest BCUT2D eigenvalue weighted by Gasteiger charge is -2.19. The topological polar surface area (TPSA) is 41.1 Å². The summed E-state index contributed by atoms with van der Waals surface area (Å²) in [6, 6.07) is 8.80. The molecule has 0 aliphatic heterocycles. The van der Waals surface area contributed by atoms with Gasteiger partial charge in [0.05, 0.1) is 11.9 Å². The van der Waals surface area contributed by atoms with Crippen LogP contribution in [-0.4, -0.2) is 23.1 Å². The normalized spacial score (nSPS) is 10.8. The quantitative estimate of drug-likeness (QED) is 0.906. The molecule has 20 heavy (non-hydrogen) atoms. The molecule has 4 heteroatoms. The number of nitrogens with one attached hydrogen (secondary N) is 1. The van der Waals surface area contributed by atoms with Crippen LogP contribution in [0.15, 0.2) is 36.7 Å². The van der Waals surface area contributed by atoms with Gasteiger partial charge in [-0.25, -0.2) is 4.98 Å². The van der Waals surface area contributed by atoms with Crippen molar-refractivity contribution in [1.29, 1.82) is 0 Å². The molecular weight excluding hydrogens is 248 g/mol. The van der Waals surface area contributed by atoms with Crippen LogP contribution < -0.4 is 10.2 Å². The number of aromatic nitrogens is 2. The minimum absolute atomic E-state index is 0.440. The first-order valence-electron chi connectivity index (χ1n) is 6.91. The van der Waals surface area contributed by atoms with Gasteiger partial charge in [0, 0.05) is 31.5 Å². The number of hydrogen-bond acceptors (Lipinski definition) is 4. The van der Waals surface area contributed by atoms with Gasteiger partial charge in [0.25, 0.3) is 0 Å². The largest absolute Gasteiger partial charge is 0.328 e. The maximum absolute atomic E-state index is 4.65. The summed E-state index contributed by atoms with van der Waals surface area (Å²) in [4.78, 5) is 11.0. The van der Waals surface area contributed by atoms with Gasteiger partial charge in [-0.15, -0.1) is 0 Å². The lowest BCUT2D eigenvalue weighted by atomic mass is 10.2. The number of nitrogens with zero attached hydrogens (tertiary/aromatic N) is 3. The average molecular weight is 270 g/mol. The Hall–Kier alpha value is -1.94. The van der Waals surface area contributed by atoms with Crippen LogP contribution in [0.5, 0.6) is 0 Å². The predicted molar refractivity (Wildman–Crippen MR) is 83.2 cm³/mol. The molecule has 0 unspecified atom stereocenters. The fraction of sp³-hybridized carbons (Fsp3) is 0.375. The van der Waals surface area contributed by atoms with Crippen molar-refractivity contribution >= 4 is 11.5 Å². The first kappa shape index (κ1) is 14.5. The third-order valence-electron chi connectivity index (χ3n) is 3.10. The molecule has 0 radical (unpaired) electrons. The van der Waals surface area contributed by atoms with Crippen LogP contribution in [0.1, 0.15) is 25.1 Å². The van der Waals surface area contributed by atoms with E-state index >= 15 is 0 Å². The average Bonchev–Trinajstić information content (AvgIpc) is 2.44. The highest BCUT2D eigenvalue weighted by atomic mass is 15.2. The summed E-state index contributed by atoms with van der Waals surface area (Å²) < 4.78 is 0. The van der Waals surface area contributed by atoms with E-state index < -0.39 is 0 Å². The van der Waals surface area contributed by atoms with Gasteiger partial charge < -0.3 is 10.2 Å². The van der Waals surface area contributed by atoms with E-state index in [1.807, 2.05) is 13.2 Å². The van der Waals surface area contributed by atoms with Gasteiger partial charge in [-0.1, -0.05) is 26.0 Å². The standard InChI is InChI=1S/C16H22N4/c1-12(2)18-10-14-9-17-11-16(19-14)20(4)15-7-5-6-13(3)8-15/h5-9,11-12,18H,10H2,1-4H3. The molecule has 2 aromatic rings. The monoisotopic (exact) mass is 270 g/mol. The van der Waals surface area contributed by atoms with Gasteiger partial charge >= 0.3 is 0 Å². The first-order chi connectivity index (χ1) is 9.56. The van der Waals surface area contributed by atoms with E-state index in [1.54, 1.807) is 6.20 Å². The Morgan fingerprint density at radius 1 is 1.25 bits per heavy atom. The summed E-state index contributed by atoms with van der Waals surface area (Å²) in [6.45, 7) is 7.07. The molecule has 1 N–H and O–H groups in total. The van der Waals surface area contributed by atoms with Gasteiger partial charge in [-0.05, 0) is 24.6 Å². The maximum Gasteiger partial charge on any atom is 0.151 e. The molecule has 0 saturated carbocycles. The SMILES string of the molecule is Cc1cccc(N(C)c2cncc(CNC(C)C)n2)c1. The van der Waals surface area contributed by atoms with Crippen molar-refractivity contribution in [3.05, 3.63) is 47.9 Å². The number of aryl methyl sites for hydroxylation is 1. The van der Waals surface area contributed by atoms with E-state index in [1.165, 1.54) is 5.56 Å². The number of hydrogen-bond donors (Lipinski definition) is 1. The zero-order valence-electron chi connectivity index (χ0n) is 12.6. The second-order valence-corrected chi connectivity index (χ2v) is 5.30. The van der Waals surface area contributed by atoms with Gasteiger partial charge in [0.1, 0.15) is 0 Å². The van der Waals surface area contributed by atoms with Gasteiger partial charge in [-0.2, -0.15) is 0 Å². The zero-order valence-corrected chi connectivity index (χ0v) is 12.6. The van der Waals surface area contributed by atoms with Crippen LogP contribution in [-0.2, 0) is 6.54 Å². The second kappa shape index (κ2) is 6.48. The molecule has 2 rings (SSSR count). The van der Waals surface area contributed by atoms with Crippen molar-refractivity contribution in [3.8, 4) is 0 Å². The highest BCUT2D eigenvalue weighted by Gasteiger charge is 2.07. The zero-order chi connectivity index (χ0) is 14.5. The molecule has 0 fully saturated rings. The summed E-state index contributed by atoms with van der Waals surface area (Å²) in [5.74, 6) is 0.860. The Balaban J connectivity index is 2.17. The summed E-state index contributed by atoms with van der Waals surface area (Å²) in [5.41, 5.74) is 3.31. The molecule has 1 aromatic heterocycles. The molecule has 0 saturated heterocycles. The van der Waals surface area contributed by atoms with E-state index in [2.05, 4.69) is 65.2 Å². The van der Waals surface area contributed by atoms with E-state index in [-0.39, 0.29) is 0 Å². The summed E-state index contributed by atoms with van der Waals surface area (Å²) in [6.07, 6.45) is 3.60. The van der Waals surface area contributed by atoms with Gasteiger partial charge in [0.15, 0.2) is 5.82 Å². The van der Waals surface area contributed by atoms with Crippen molar-refractivity contribution in [1.82, 2.24) is 15.3 Å². The highest BCUT2D eigenvalue weighted by molar-refractivity contribution is 5.59. The van der Waals surface area contributed by atoms with Crippen LogP contribution >= 0.6 is 0 Å². The Kier molecular flexibility index (Phi) is 4.69. The fourth-order valence-electron chi connectivity index (χ4n) is 1.92. The number of benzene rings is 1. The molecule has 0 amide bonds. The third kappa shape index (κ3) is 3.78. The highest BCUT2D eigenvalue weighted by Crippen LogP contribution is 2.21. The van der Waals surface area contributed by atoms with Crippen LogP contribution in [0.2, 0.25) is 0 Å². The fourth-order valence-corrected chi connectivity index (χ4v) is 1.92. The van der Waals surface area contributed by atoms with Crippen LogP contribution in [0.4, 0.5) is 11.5 Å². The maximum atomic E-state index is 4.65. The number of rotatable bonds is 5. The van der Waals surface area contributed by atoms with Crippen LogP contribution in [0.25, 0.3) is 0 Å². The molecular formula is C16H22N4. The predicted octanol–water partition coefficient (Wildman–Crippen LogP) is 3.05. The molecule has 0 spiro atoms. The second-order valence-electron chi connectivity index (χ2n) is 5.30. The smallest absolute Gasteiger partial charge is 0.151 e. The van der Waals surface area contributed by atoms with Gasteiger partial charge in [-0.3, -0.25) is 4.98 Å². The van der Waals surface area contributed by atoms with Gasteiger partial charge in [0.2, 0.25) is 0 Å². The minimum atomic E-state index is 0.440. The Labute approximate surface area is 120 Å². The molecule has 0 atom stereocenters. The molecule has 0 aliphatic rings. The third-order valence-corrected chi connectivity index (χ3v) is 3.10. The van der Waals surface area contributed by atoms with E-state index in [0.29, 0.717) is 6.04 Å². The molecule has 1 aromatic carbocycles. The molecule has 106 valence electrons. The van der Waals surface area contributed by atoms with E-state index in [4.69, 9.17) is 0 Å². The van der Waals surface area contributed by atoms with Crippen molar-refractivity contribution in [2.75, 3.05) is 11.9 Å². The Bertz CT molecular complexity index is 566. The van der Waals surface area contributed by atoms with E-state index in [9.17, 15) is 0 Å². The summed E-state index contributed by atoms with van der Waals surface area (Å²) in [7, 11) is 2.01. The number of anilines is 2. The molecule has 0 aliphatic carbocycles. The molecule has 1 heterocycles. The van der Waals surface area contributed by atoms with Crippen molar-refractivity contribution in [2.24, 2.45) is 0 Å². The Morgan fingerprint density at radius 3 is 2.75 bits per heavy atom. The molecule has 0 bridgehead atoms.